The van der Waals surface area contributed by atoms with Gasteiger partial charge in [-0.2, -0.15) is 0 Å². The molecule has 1 aliphatic heterocycles. The molecule has 19 heavy (non-hydrogen) atoms. The molecule has 1 heterocycles. The fourth-order valence-corrected chi connectivity index (χ4v) is 2.70. The standard InChI is InChI=1S/C16H23NO2/c1-3-14-9-7-8-12-17(14)16(18)13(2)19-15-10-5-4-6-11-15/h4-6,10-11,13-14H,3,7-9,12H2,1-2H3. The van der Waals surface area contributed by atoms with E-state index >= 15 is 0 Å². The summed E-state index contributed by atoms with van der Waals surface area (Å²) in [4.78, 5) is 14.5. The number of hydrogen-bond acceptors (Lipinski definition) is 2. The molecule has 0 spiro atoms. The summed E-state index contributed by atoms with van der Waals surface area (Å²) >= 11 is 0. The Morgan fingerprint density at radius 1 is 1.37 bits per heavy atom. The number of likely N-dealkylation sites (tertiary alicyclic amines) is 1. The van der Waals surface area contributed by atoms with E-state index in [-0.39, 0.29) is 5.91 Å². The molecule has 0 saturated carbocycles. The highest BCUT2D eigenvalue weighted by Crippen LogP contribution is 2.21. The molecular weight excluding hydrogens is 238 g/mol. The minimum absolute atomic E-state index is 0.121. The Morgan fingerprint density at radius 3 is 2.79 bits per heavy atom. The van der Waals surface area contributed by atoms with Gasteiger partial charge in [-0.05, 0) is 44.7 Å². The monoisotopic (exact) mass is 261 g/mol. The third kappa shape index (κ3) is 3.49. The summed E-state index contributed by atoms with van der Waals surface area (Å²) < 4.78 is 5.73. The number of para-hydroxylation sites is 1. The predicted octanol–water partition coefficient (Wildman–Crippen LogP) is 3.25. The largest absolute Gasteiger partial charge is 0.481 e. The zero-order chi connectivity index (χ0) is 13.7. The molecule has 2 rings (SSSR count). The van der Waals surface area contributed by atoms with Gasteiger partial charge in [-0.3, -0.25) is 4.79 Å². The second-order valence-corrected chi connectivity index (χ2v) is 5.16. The van der Waals surface area contributed by atoms with Crippen LogP contribution in [0, 0.1) is 0 Å². The van der Waals surface area contributed by atoms with Crippen LogP contribution in [-0.4, -0.2) is 29.5 Å². The van der Waals surface area contributed by atoms with Crippen LogP contribution in [0.3, 0.4) is 0 Å². The molecule has 2 atom stereocenters. The molecule has 104 valence electrons. The van der Waals surface area contributed by atoms with Crippen molar-refractivity contribution >= 4 is 5.91 Å². The molecule has 1 aliphatic rings. The second kappa shape index (κ2) is 6.60. The van der Waals surface area contributed by atoms with E-state index in [1.165, 1.54) is 6.42 Å². The van der Waals surface area contributed by atoms with Gasteiger partial charge in [0.05, 0.1) is 0 Å². The summed E-state index contributed by atoms with van der Waals surface area (Å²) in [6.07, 6.45) is 4.09. The molecule has 3 nitrogen and oxygen atoms in total. The van der Waals surface area contributed by atoms with Gasteiger partial charge in [0.1, 0.15) is 5.75 Å². The van der Waals surface area contributed by atoms with Crippen molar-refractivity contribution in [2.75, 3.05) is 6.54 Å². The van der Waals surface area contributed by atoms with Gasteiger partial charge in [0.15, 0.2) is 6.10 Å². The number of benzene rings is 1. The molecule has 1 aromatic carbocycles. The third-order valence-corrected chi connectivity index (χ3v) is 3.79. The average Bonchev–Trinajstić information content (AvgIpc) is 2.47. The van der Waals surface area contributed by atoms with Crippen LogP contribution in [0.2, 0.25) is 0 Å². The van der Waals surface area contributed by atoms with Crippen LogP contribution in [0.25, 0.3) is 0 Å². The Balaban J connectivity index is 1.98. The van der Waals surface area contributed by atoms with Gasteiger partial charge in [-0.15, -0.1) is 0 Å². The number of carbonyl (C=O) groups excluding carboxylic acids is 1. The first-order chi connectivity index (χ1) is 9.22. The second-order valence-electron chi connectivity index (χ2n) is 5.16. The van der Waals surface area contributed by atoms with Gasteiger partial charge in [-0.1, -0.05) is 25.1 Å². The van der Waals surface area contributed by atoms with Crippen molar-refractivity contribution < 1.29 is 9.53 Å². The van der Waals surface area contributed by atoms with Crippen LogP contribution in [0.1, 0.15) is 39.5 Å². The van der Waals surface area contributed by atoms with E-state index in [0.717, 1.165) is 31.6 Å². The summed E-state index contributed by atoms with van der Waals surface area (Å²) in [6, 6.07) is 9.94. The van der Waals surface area contributed by atoms with Gasteiger partial charge in [-0.25, -0.2) is 0 Å². The van der Waals surface area contributed by atoms with E-state index in [1.54, 1.807) is 0 Å². The first kappa shape index (κ1) is 13.9. The summed E-state index contributed by atoms with van der Waals surface area (Å²) in [5.74, 6) is 0.879. The molecule has 1 amide bonds. The Morgan fingerprint density at radius 2 is 2.11 bits per heavy atom. The highest BCUT2D eigenvalue weighted by molar-refractivity contribution is 5.81. The maximum Gasteiger partial charge on any atom is 0.263 e. The molecule has 3 heteroatoms. The number of amides is 1. The van der Waals surface area contributed by atoms with Crippen LogP contribution in [0.4, 0.5) is 0 Å². The van der Waals surface area contributed by atoms with Crippen LogP contribution < -0.4 is 4.74 Å². The lowest BCUT2D eigenvalue weighted by atomic mass is 9.99. The van der Waals surface area contributed by atoms with Crippen LogP contribution >= 0.6 is 0 Å². The first-order valence-electron chi connectivity index (χ1n) is 7.24. The number of rotatable bonds is 4. The van der Waals surface area contributed by atoms with Crippen LogP contribution in [0.5, 0.6) is 5.75 Å². The van der Waals surface area contributed by atoms with Gasteiger partial charge in [0.2, 0.25) is 0 Å². The van der Waals surface area contributed by atoms with E-state index in [1.807, 2.05) is 42.2 Å². The Labute approximate surface area is 115 Å². The lowest BCUT2D eigenvalue weighted by Crippen LogP contribution is -2.48. The van der Waals surface area contributed by atoms with E-state index in [0.29, 0.717) is 6.04 Å². The summed E-state index contributed by atoms with van der Waals surface area (Å²) in [5, 5.41) is 0. The summed E-state index contributed by atoms with van der Waals surface area (Å²) in [5.41, 5.74) is 0. The van der Waals surface area contributed by atoms with E-state index in [2.05, 4.69) is 6.92 Å². The Kier molecular flexibility index (Phi) is 4.83. The van der Waals surface area contributed by atoms with Crippen molar-refractivity contribution in [3.63, 3.8) is 0 Å². The lowest BCUT2D eigenvalue weighted by Gasteiger charge is -2.36. The van der Waals surface area contributed by atoms with Gasteiger partial charge in [0, 0.05) is 12.6 Å². The van der Waals surface area contributed by atoms with Crippen molar-refractivity contribution in [3.05, 3.63) is 30.3 Å². The molecule has 1 aromatic rings. The highest BCUT2D eigenvalue weighted by Gasteiger charge is 2.29. The maximum absolute atomic E-state index is 12.5. The smallest absolute Gasteiger partial charge is 0.263 e. The Bertz CT molecular complexity index is 404. The first-order valence-corrected chi connectivity index (χ1v) is 7.24. The fourth-order valence-electron chi connectivity index (χ4n) is 2.70. The quantitative estimate of drug-likeness (QED) is 0.832. The third-order valence-electron chi connectivity index (χ3n) is 3.79. The SMILES string of the molecule is CCC1CCCCN1C(=O)C(C)Oc1ccccc1. The molecule has 0 N–H and O–H groups in total. The summed E-state index contributed by atoms with van der Waals surface area (Å²) in [6.45, 7) is 4.87. The molecule has 1 saturated heterocycles. The number of hydrogen-bond donors (Lipinski definition) is 0. The minimum atomic E-state index is -0.408. The topological polar surface area (TPSA) is 29.5 Å². The van der Waals surface area contributed by atoms with Crippen molar-refractivity contribution in [1.82, 2.24) is 4.90 Å². The molecule has 1 fully saturated rings. The van der Waals surface area contributed by atoms with Crippen molar-refractivity contribution in [1.29, 1.82) is 0 Å². The predicted molar refractivity (Wildman–Crippen MR) is 76.2 cm³/mol. The Hall–Kier alpha value is -1.51. The maximum atomic E-state index is 12.5. The normalized spacial score (nSPS) is 20.9. The van der Waals surface area contributed by atoms with Crippen molar-refractivity contribution in [3.8, 4) is 5.75 Å². The van der Waals surface area contributed by atoms with Crippen molar-refractivity contribution in [2.45, 2.75) is 51.7 Å². The fraction of sp³-hybridized carbons (Fsp3) is 0.562. The zero-order valence-corrected chi connectivity index (χ0v) is 11.8. The molecule has 0 aromatic heterocycles. The number of nitrogens with zero attached hydrogens (tertiary/aromatic N) is 1. The van der Waals surface area contributed by atoms with Crippen molar-refractivity contribution in [2.24, 2.45) is 0 Å². The molecular formula is C16H23NO2. The molecule has 0 aliphatic carbocycles. The minimum Gasteiger partial charge on any atom is -0.481 e. The van der Waals surface area contributed by atoms with Crippen LogP contribution in [0.15, 0.2) is 30.3 Å². The van der Waals surface area contributed by atoms with Gasteiger partial charge < -0.3 is 9.64 Å². The highest BCUT2D eigenvalue weighted by atomic mass is 16.5. The zero-order valence-electron chi connectivity index (χ0n) is 11.8. The average molecular weight is 261 g/mol. The number of ether oxygens (including phenoxy) is 1. The van der Waals surface area contributed by atoms with Crippen LogP contribution in [-0.2, 0) is 4.79 Å². The van der Waals surface area contributed by atoms with Gasteiger partial charge in [0.25, 0.3) is 5.91 Å². The van der Waals surface area contributed by atoms with E-state index in [9.17, 15) is 4.79 Å². The van der Waals surface area contributed by atoms with E-state index in [4.69, 9.17) is 4.74 Å². The summed E-state index contributed by atoms with van der Waals surface area (Å²) in [7, 11) is 0. The lowest BCUT2D eigenvalue weighted by molar-refractivity contribution is -0.141. The van der Waals surface area contributed by atoms with E-state index < -0.39 is 6.10 Å². The molecule has 2 unspecified atom stereocenters. The molecule has 0 radical (unpaired) electrons. The number of piperidine rings is 1. The van der Waals surface area contributed by atoms with Gasteiger partial charge >= 0.3 is 0 Å². The molecule has 0 bridgehead atoms. The number of carbonyl (C=O) groups is 1.